The summed E-state index contributed by atoms with van der Waals surface area (Å²) in [6.45, 7) is -0.0472. The number of anilines is 1. The van der Waals surface area contributed by atoms with Gasteiger partial charge in [-0.2, -0.15) is 0 Å². The molecule has 3 rings (SSSR count). The van der Waals surface area contributed by atoms with Crippen LogP contribution in [-0.4, -0.2) is 18.6 Å². The Balaban J connectivity index is 1.74. The van der Waals surface area contributed by atoms with E-state index in [1.807, 2.05) is 24.3 Å². The van der Waals surface area contributed by atoms with Gasteiger partial charge in [0.1, 0.15) is 11.3 Å². The molecule has 0 heterocycles. The number of hydrogen-bond acceptors (Lipinski definition) is 3. The number of benzene rings is 2. The average Bonchev–Trinajstić information content (AvgIpc) is 2.70. The molecule has 0 aromatic heterocycles. The van der Waals surface area contributed by atoms with Gasteiger partial charge in [0.05, 0.1) is 7.11 Å². The highest BCUT2D eigenvalue weighted by Crippen LogP contribution is 2.32. The van der Waals surface area contributed by atoms with Crippen LogP contribution in [0.1, 0.15) is 37.7 Å². The van der Waals surface area contributed by atoms with Crippen molar-refractivity contribution in [1.82, 2.24) is 5.32 Å². The molecule has 1 aliphatic rings. The van der Waals surface area contributed by atoms with E-state index in [2.05, 4.69) is 10.6 Å². The van der Waals surface area contributed by atoms with Crippen LogP contribution in [0.5, 0.6) is 5.75 Å². The first-order valence-corrected chi connectivity index (χ1v) is 9.17. The second-order valence-electron chi connectivity index (χ2n) is 6.89. The molecule has 4 nitrogen and oxygen atoms in total. The molecule has 0 spiro atoms. The SMILES string of the molecule is COc1ccc(NC2(C(=O)NCc3cccc(F)c3F)CCCCC2)cc1. The highest BCUT2D eigenvalue weighted by Gasteiger charge is 2.39. The number of carbonyl (C=O) groups excluding carboxylic acids is 1. The topological polar surface area (TPSA) is 50.4 Å². The van der Waals surface area contributed by atoms with Crippen LogP contribution in [0.15, 0.2) is 42.5 Å². The van der Waals surface area contributed by atoms with Gasteiger partial charge in [-0.25, -0.2) is 8.78 Å². The Bertz CT molecular complexity index is 787. The molecule has 0 aliphatic heterocycles. The summed E-state index contributed by atoms with van der Waals surface area (Å²) in [7, 11) is 1.60. The van der Waals surface area contributed by atoms with E-state index < -0.39 is 17.2 Å². The third-order valence-electron chi connectivity index (χ3n) is 5.09. The van der Waals surface area contributed by atoms with Crippen LogP contribution >= 0.6 is 0 Å². The first-order chi connectivity index (χ1) is 13.0. The predicted octanol–water partition coefficient (Wildman–Crippen LogP) is 4.40. The summed E-state index contributed by atoms with van der Waals surface area (Å²) in [4.78, 5) is 13.0. The maximum absolute atomic E-state index is 13.9. The van der Waals surface area contributed by atoms with E-state index in [1.165, 1.54) is 12.1 Å². The minimum atomic E-state index is -0.918. The maximum atomic E-state index is 13.9. The lowest BCUT2D eigenvalue weighted by molar-refractivity contribution is -0.126. The van der Waals surface area contributed by atoms with Crippen molar-refractivity contribution in [3.63, 3.8) is 0 Å². The Kier molecular flexibility index (Phi) is 5.94. The zero-order chi connectivity index (χ0) is 19.3. The second-order valence-corrected chi connectivity index (χ2v) is 6.89. The summed E-state index contributed by atoms with van der Waals surface area (Å²) in [5.74, 6) is -1.28. The predicted molar refractivity (Wildman–Crippen MR) is 101 cm³/mol. The molecule has 2 aromatic rings. The molecule has 1 aliphatic carbocycles. The van der Waals surface area contributed by atoms with Crippen molar-refractivity contribution < 1.29 is 18.3 Å². The van der Waals surface area contributed by atoms with E-state index in [0.29, 0.717) is 12.8 Å². The molecule has 0 unspecified atom stereocenters. The summed E-state index contributed by atoms with van der Waals surface area (Å²) in [5.41, 5.74) is 0.208. The summed E-state index contributed by atoms with van der Waals surface area (Å²) < 4.78 is 32.4. The van der Waals surface area contributed by atoms with Crippen molar-refractivity contribution in [2.24, 2.45) is 0 Å². The van der Waals surface area contributed by atoms with E-state index in [1.54, 1.807) is 7.11 Å². The van der Waals surface area contributed by atoms with Crippen LogP contribution < -0.4 is 15.4 Å². The second kappa shape index (κ2) is 8.37. The summed E-state index contributed by atoms with van der Waals surface area (Å²) in [6.07, 6.45) is 4.33. The van der Waals surface area contributed by atoms with E-state index >= 15 is 0 Å². The lowest BCUT2D eigenvalue weighted by Gasteiger charge is -2.37. The first kappa shape index (κ1) is 19.1. The van der Waals surface area contributed by atoms with Gasteiger partial charge in [0.25, 0.3) is 0 Å². The third-order valence-corrected chi connectivity index (χ3v) is 5.09. The molecule has 0 saturated heterocycles. The van der Waals surface area contributed by atoms with E-state index in [9.17, 15) is 13.6 Å². The van der Waals surface area contributed by atoms with Crippen LogP contribution in [0.4, 0.5) is 14.5 Å². The quantitative estimate of drug-likeness (QED) is 0.788. The van der Waals surface area contributed by atoms with Gasteiger partial charge in [-0.3, -0.25) is 4.79 Å². The number of methoxy groups -OCH3 is 1. The number of nitrogens with one attached hydrogen (secondary N) is 2. The molecule has 1 amide bonds. The monoisotopic (exact) mass is 374 g/mol. The fourth-order valence-corrected chi connectivity index (χ4v) is 3.54. The van der Waals surface area contributed by atoms with Crippen LogP contribution in [0.3, 0.4) is 0 Å². The highest BCUT2D eigenvalue weighted by atomic mass is 19.2. The largest absolute Gasteiger partial charge is 0.497 e. The van der Waals surface area contributed by atoms with E-state index in [0.717, 1.165) is 36.8 Å². The third kappa shape index (κ3) is 4.38. The zero-order valence-electron chi connectivity index (χ0n) is 15.4. The van der Waals surface area contributed by atoms with Gasteiger partial charge in [0.2, 0.25) is 5.91 Å². The molecule has 27 heavy (non-hydrogen) atoms. The van der Waals surface area contributed by atoms with Gasteiger partial charge in [0.15, 0.2) is 11.6 Å². The number of carbonyl (C=O) groups is 1. The van der Waals surface area contributed by atoms with Gasteiger partial charge >= 0.3 is 0 Å². The van der Waals surface area contributed by atoms with Gasteiger partial charge in [-0.1, -0.05) is 31.4 Å². The molecular weight excluding hydrogens is 350 g/mol. The molecule has 0 bridgehead atoms. The van der Waals surface area contributed by atoms with Gasteiger partial charge < -0.3 is 15.4 Å². The lowest BCUT2D eigenvalue weighted by atomic mass is 9.80. The normalized spacial score (nSPS) is 15.8. The van der Waals surface area contributed by atoms with Crippen molar-refractivity contribution >= 4 is 11.6 Å². The smallest absolute Gasteiger partial charge is 0.245 e. The fourth-order valence-electron chi connectivity index (χ4n) is 3.54. The Morgan fingerprint density at radius 3 is 2.44 bits per heavy atom. The van der Waals surface area contributed by atoms with Crippen molar-refractivity contribution in [2.45, 2.75) is 44.2 Å². The summed E-state index contributed by atoms with van der Waals surface area (Å²) in [6, 6.07) is 11.4. The van der Waals surface area contributed by atoms with Gasteiger partial charge in [-0.05, 0) is 43.2 Å². The minimum absolute atomic E-state index is 0.0472. The number of hydrogen-bond donors (Lipinski definition) is 2. The number of rotatable bonds is 6. The molecule has 1 fully saturated rings. The van der Waals surface area contributed by atoms with Crippen molar-refractivity contribution in [3.05, 3.63) is 59.7 Å². The Labute approximate surface area is 157 Å². The van der Waals surface area contributed by atoms with Crippen LogP contribution in [0, 0.1) is 11.6 Å². The minimum Gasteiger partial charge on any atom is -0.497 e. The van der Waals surface area contributed by atoms with E-state index in [-0.39, 0.29) is 18.0 Å². The standard InChI is InChI=1S/C21H24F2N2O2/c1-27-17-10-8-16(9-11-17)25-21(12-3-2-4-13-21)20(26)24-14-15-6-5-7-18(22)19(15)23/h5-11,25H,2-4,12-14H2,1H3,(H,24,26). The Morgan fingerprint density at radius 1 is 1.07 bits per heavy atom. The van der Waals surface area contributed by atoms with Crippen molar-refractivity contribution in [2.75, 3.05) is 12.4 Å². The van der Waals surface area contributed by atoms with Crippen molar-refractivity contribution in [1.29, 1.82) is 0 Å². The van der Waals surface area contributed by atoms with Gasteiger partial charge in [-0.15, -0.1) is 0 Å². The molecule has 2 N–H and O–H groups in total. The molecule has 6 heteroatoms. The molecular formula is C21H24F2N2O2. The summed E-state index contributed by atoms with van der Waals surface area (Å²) >= 11 is 0. The van der Waals surface area contributed by atoms with Gasteiger partial charge in [0, 0.05) is 17.8 Å². The zero-order valence-corrected chi connectivity index (χ0v) is 15.4. The fraction of sp³-hybridized carbons (Fsp3) is 0.381. The van der Waals surface area contributed by atoms with Crippen LogP contribution in [-0.2, 0) is 11.3 Å². The molecule has 144 valence electrons. The molecule has 0 radical (unpaired) electrons. The summed E-state index contributed by atoms with van der Waals surface area (Å²) in [5, 5.41) is 6.16. The number of ether oxygens (including phenoxy) is 1. The van der Waals surface area contributed by atoms with Crippen molar-refractivity contribution in [3.8, 4) is 5.75 Å². The number of halogens is 2. The molecule has 1 saturated carbocycles. The lowest BCUT2D eigenvalue weighted by Crippen LogP contribution is -2.53. The Morgan fingerprint density at radius 2 is 1.78 bits per heavy atom. The maximum Gasteiger partial charge on any atom is 0.245 e. The highest BCUT2D eigenvalue weighted by molar-refractivity contribution is 5.89. The van der Waals surface area contributed by atoms with Crippen LogP contribution in [0.25, 0.3) is 0 Å². The van der Waals surface area contributed by atoms with Crippen LogP contribution in [0.2, 0.25) is 0 Å². The van der Waals surface area contributed by atoms with E-state index in [4.69, 9.17) is 4.74 Å². The average molecular weight is 374 g/mol. The number of amides is 1. The Hall–Kier alpha value is -2.63. The first-order valence-electron chi connectivity index (χ1n) is 9.17. The molecule has 2 aromatic carbocycles. The molecule has 0 atom stereocenters.